The smallest absolute Gasteiger partial charge is 0.254 e. The molecular weight excluding hydrogens is 192 g/mol. The zero-order valence-electron chi connectivity index (χ0n) is 7.96. The van der Waals surface area contributed by atoms with Crippen LogP contribution in [0.15, 0.2) is 0 Å². The van der Waals surface area contributed by atoms with Crippen molar-refractivity contribution in [2.45, 2.75) is 12.2 Å². The molecule has 1 heterocycles. The Bertz CT molecular complexity index is 136. The fourth-order valence-corrected chi connectivity index (χ4v) is 0.980. The van der Waals surface area contributed by atoms with Crippen LogP contribution in [-0.2, 0) is 14.2 Å². The molecule has 1 rings (SSSR count). The van der Waals surface area contributed by atoms with Crippen LogP contribution < -0.4 is 0 Å². The molecule has 6 heteroatoms. The van der Waals surface area contributed by atoms with Gasteiger partial charge in [-0.2, -0.15) is 0 Å². The van der Waals surface area contributed by atoms with Crippen LogP contribution in [0.2, 0.25) is 0 Å². The van der Waals surface area contributed by atoms with Crippen molar-refractivity contribution in [2.75, 3.05) is 40.0 Å². The summed E-state index contributed by atoms with van der Waals surface area (Å²) in [5, 5.41) is 17.4. The first-order chi connectivity index (χ1) is 6.83. The Kier molecular flexibility index (Phi) is 6.00. The van der Waals surface area contributed by atoms with E-state index in [-0.39, 0.29) is 26.1 Å². The fraction of sp³-hybridized carbons (Fsp3) is 1.00. The summed E-state index contributed by atoms with van der Waals surface area (Å²) >= 11 is 0. The number of hydrogen-bond acceptors (Lipinski definition) is 5. The molecular formula is C8H17O6+. The molecule has 0 aromatic rings. The lowest BCUT2D eigenvalue weighted by atomic mass is 10.4. The van der Waals surface area contributed by atoms with E-state index >= 15 is 0 Å². The molecule has 1 fully saturated rings. The van der Waals surface area contributed by atoms with Gasteiger partial charge in [-0.1, -0.05) is 0 Å². The first-order valence-corrected chi connectivity index (χ1v) is 4.52. The van der Waals surface area contributed by atoms with Gasteiger partial charge >= 0.3 is 0 Å². The van der Waals surface area contributed by atoms with Crippen molar-refractivity contribution in [1.82, 2.24) is 0 Å². The SMILES string of the molecule is OCC(O)COC[OH+]CC1COCO1. The van der Waals surface area contributed by atoms with E-state index < -0.39 is 6.10 Å². The van der Waals surface area contributed by atoms with Crippen LogP contribution >= 0.6 is 0 Å². The third kappa shape index (κ3) is 4.85. The second kappa shape index (κ2) is 7.10. The standard InChI is InChI=1S/C8H16O6/c9-1-7(10)2-11-5-12-3-8-4-13-6-14-8/h7-10H,1-6H2/p+1. The molecule has 0 aliphatic carbocycles. The maximum Gasteiger partial charge on any atom is 0.254 e. The van der Waals surface area contributed by atoms with Gasteiger partial charge in [0.15, 0.2) is 12.7 Å². The zero-order chi connectivity index (χ0) is 10.2. The fourth-order valence-electron chi connectivity index (χ4n) is 0.980. The highest BCUT2D eigenvalue weighted by Gasteiger charge is 2.18. The molecule has 2 unspecified atom stereocenters. The molecule has 1 saturated heterocycles. The zero-order valence-corrected chi connectivity index (χ0v) is 7.96. The molecule has 84 valence electrons. The largest absolute Gasteiger partial charge is 0.410 e. The van der Waals surface area contributed by atoms with Gasteiger partial charge in [-0.25, -0.2) is 0 Å². The first kappa shape index (κ1) is 11.8. The van der Waals surface area contributed by atoms with Crippen molar-refractivity contribution < 1.29 is 29.2 Å². The average molecular weight is 209 g/mol. The van der Waals surface area contributed by atoms with Gasteiger partial charge in [-0.05, 0) is 0 Å². The van der Waals surface area contributed by atoms with Crippen LogP contribution in [-0.4, -0.2) is 67.2 Å². The topological polar surface area (TPSA) is 81.0 Å². The Balaban J connectivity index is 1.84. The third-order valence-electron chi connectivity index (χ3n) is 1.73. The lowest BCUT2D eigenvalue weighted by Crippen LogP contribution is -2.24. The van der Waals surface area contributed by atoms with Crippen molar-refractivity contribution >= 4 is 0 Å². The minimum Gasteiger partial charge on any atom is -0.410 e. The molecule has 6 nitrogen and oxygen atoms in total. The lowest BCUT2D eigenvalue weighted by Gasteiger charge is -2.08. The van der Waals surface area contributed by atoms with Crippen molar-refractivity contribution in [3.63, 3.8) is 0 Å². The van der Waals surface area contributed by atoms with Crippen LogP contribution in [0.5, 0.6) is 0 Å². The summed E-state index contributed by atoms with van der Waals surface area (Å²) in [6, 6.07) is 0. The highest BCUT2D eigenvalue weighted by atomic mass is 16.7. The molecule has 3 N–H and O–H groups in total. The normalized spacial score (nSPS) is 24.0. The summed E-state index contributed by atoms with van der Waals surface area (Å²) in [6.07, 6.45) is -0.794. The first-order valence-electron chi connectivity index (χ1n) is 4.52. The molecule has 0 spiro atoms. The number of hydrogen-bond donors (Lipinski definition) is 2. The quantitative estimate of drug-likeness (QED) is 0.294. The van der Waals surface area contributed by atoms with E-state index in [0.29, 0.717) is 20.0 Å². The molecule has 0 saturated carbocycles. The number of aliphatic hydroxyl groups is 4. The van der Waals surface area contributed by atoms with E-state index in [2.05, 4.69) is 4.74 Å². The Labute approximate surface area is 82.3 Å². The van der Waals surface area contributed by atoms with Crippen LogP contribution in [0.1, 0.15) is 0 Å². The number of rotatable bonds is 7. The third-order valence-corrected chi connectivity index (χ3v) is 1.73. The van der Waals surface area contributed by atoms with Crippen LogP contribution in [0.25, 0.3) is 0 Å². The van der Waals surface area contributed by atoms with Gasteiger partial charge in [0.05, 0.1) is 19.8 Å². The summed E-state index contributed by atoms with van der Waals surface area (Å²) in [7, 11) is 0. The molecule has 2 atom stereocenters. The molecule has 14 heavy (non-hydrogen) atoms. The summed E-state index contributed by atoms with van der Waals surface area (Å²) in [6.45, 7) is 1.46. The predicted octanol–water partition coefficient (Wildman–Crippen LogP) is -1.79. The summed E-state index contributed by atoms with van der Waals surface area (Å²) in [5.74, 6) is 0. The minimum atomic E-state index is -0.823. The second-order valence-electron chi connectivity index (χ2n) is 3.02. The molecule has 0 aromatic carbocycles. The molecule has 0 aromatic heterocycles. The van der Waals surface area contributed by atoms with Gasteiger partial charge in [-0.15, -0.1) is 0 Å². The minimum absolute atomic E-state index is 0.0290. The Morgan fingerprint density at radius 1 is 1.57 bits per heavy atom. The molecule has 1 aliphatic rings. The van der Waals surface area contributed by atoms with Gasteiger partial charge in [0.2, 0.25) is 0 Å². The van der Waals surface area contributed by atoms with E-state index in [0.717, 1.165) is 0 Å². The van der Waals surface area contributed by atoms with Gasteiger partial charge < -0.3 is 29.2 Å². The van der Waals surface area contributed by atoms with E-state index in [1.807, 2.05) is 0 Å². The van der Waals surface area contributed by atoms with Crippen LogP contribution in [0, 0.1) is 0 Å². The van der Waals surface area contributed by atoms with E-state index in [1.54, 1.807) is 0 Å². The van der Waals surface area contributed by atoms with Gasteiger partial charge in [0, 0.05) is 0 Å². The van der Waals surface area contributed by atoms with E-state index in [1.165, 1.54) is 0 Å². The Morgan fingerprint density at radius 3 is 3.07 bits per heavy atom. The summed E-state index contributed by atoms with van der Waals surface area (Å²) in [5.41, 5.74) is 0. The van der Waals surface area contributed by atoms with Gasteiger partial charge in [-0.3, -0.25) is 0 Å². The highest BCUT2D eigenvalue weighted by Crippen LogP contribution is 2.01. The number of ether oxygens (including phenoxy) is 4. The number of aliphatic hydroxyl groups excluding tert-OH is 2. The molecule has 0 bridgehead atoms. The van der Waals surface area contributed by atoms with Crippen LogP contribution in [0.4, 0.5) is 0 Å². The van der Waals surface area contributed by atoms with Gasteiger partial charge in [0.1, 0.15) is 12.9 Å². The van der Waals surface area contributed by atoms with E-state index in [9.17, 15) is 0 Å². The van der Waals surface area contributed by atoms with E-state index in [4.69, 9.17) is 24.4 Å². The summed E-state index contributed by atoms with van der Waals surface area (Å²) in [4.78, 5) is 0. The Hall–Kier alpha value is -0.240. The summed E-state index contributed by atoms with van der Waals surface area (Å²) < 4.78 is 19.1. The molecule has 0 radical (unpaired) electrons. The van der Waals surface area contributed by atoms with Crippen molar-refractivity contribution in [3.8, 4) is 0 Å². The Morgan fingerprint density at radius 2 is 2.43 bits per heavy atom. The van der Waals surface area contributed by atoms with Gasteiger partial charge in [0.25, 0.3) is 6.79 Å². The van der Waals surface area contributed by atoms with Crippen molar-refractivity contribution in [3.05, 3.63) is 0 Å². The monoisotopic (exact) mass is 209 g/mol. The second-order valence-corrected chi connectivity index (χ2v) is 3.02. The van der Waals surface area contributed by atoms with Crippen LogP contribution in [0.3, 0.4) is 0 Å². The molecule has 1 aliphatic heterocycles. The molecule has 0 amide bonds. The lowest BCUT2D eigenvalue weighted by molar-refractivity contribution is -0.189. The predicted molar refractivity (Wildman–Crippen MR) is 46.7 cm³/mol. The maximum atomic E-state index is 8.91. The highest BCUT2D eigenvalue weighted by molar-refractivity contribution is 4.56. The van der Waals surface area contributed by atoms with Crippen molar-refractivity contribution in [1.29, 1.82) is 0 Å². The maximum absolute atomic E-state index is 8.91. The van der Waals surface area contributed by atoms with Crippen molar-refractivity contribution in [2.24, 2.45) is 0 Å². The average Bonchev–Trinajstić information content (AvgIpc) is 2.69.